The Balaban J connectivity index is 3.50. The van der Waals surface area contributed by atoms with Gasteiger partial charge in [-0.3, -0.25) is 10.2 Å². The predicted octanol–water partition coefficient (Wildman–Crippen LogP) is 0.931. The molecular weight excluding hydrogens is 216 g/mol. The molecule has 17 heavy (non-hydrogen) atoms. The normalized spacial score (nSPS) is 12.1. The standard InChI is InChI=1S/C12H25N4O/c1-2-3-4-5-8-11(17)10(13)7-6-9-16-12(14)15/h4,10H,2-3,5-9,13H2,1H3,(H4,14,15,16)/t10-/m0/s1. The summed E-state index contributed by atoms with van der Waals surface area (Å²) in [6, 6.07) is -0.376. The summed E-state index contributed by atoms with van der Waals surface area (Å²) in [6.07, 6.45) is 7.09. The molecule has 0 aromatic rings. The van der Waals surface area contributed by atoms with Crippen molar-refractivity contribution < 1.29 is 4.79 Å². The van der Waals surface area contributed by atoms with Gasteiger partial charge < -0.3 is 16.8 Å². The van der Waals surface area contributed by atoms with E-state index in [1.54, 1.807) is 0 Å². The lowest BCUT2D eigenvalue weighted by molar-refractivity contribution is -0.120. The minimum absolute atomic E-state index is 0.0425. The molecular formula is C12H25N4O. The summed E-state index contributed by atoms with van der Waals surface area (Å²) in [5, 5.41) is 9.65. The van der Waals surface area contributed by atoms with Crippen LogP contribution in [0, 0.1) is 11.8 Å². The Kier molecular flexibility index (Phi) is 9.43. The molecule has 0 rings (SSSR count). The zero-order chi connectivity index (χ0) is 13.1. The highest BCUT2D eigenvalue weighted by Crippen LogP contribution is 2.05. The Labute approximate surface area is 104 Å². The molecule has 0 fully saturated rings. The number of Topliss-reactive ketones (excluding diaryl/α,β-unsaturated/α-hetero) is 1. The number of hydrogen-bond acceptors (Lipinski definition) is 3. The topological polar surface area (TPSA) is 105 Å². The van der Waals surface area contributed by atoms with Crippen molar-refractivity contribution in [1.29, 1.82) is 5.41 Å². The van der Waals surface area contributed by atoms with E-state index in [1.165, 1.54) is 0 Å². The Morgan fingerprint density at radius 1 is 1.47 bits per heavy atom. The Morgan fingerprint density at radius 3 is 2.76 bits per heavy atom. The molecule has 0 saturated carbocycles. The highest BCUT2D eigenvalue weighted by atomic mass is 16.1. The SMILES string of the molecule is CCC[CH]CCC(=O)[C@@H](N)CCCNC(=N)N. The summed E-state index contributed by atoms with van der Waals surface area (Å²) < 4.78 is 0. The Hall–Kier alpha value is -1.10. The summed E-state index contributed by atoms with van der Waals surface area (Å²) in [7, 11) is 0. The molecule has 0 aromatic heterocycles. The number of unbranched alkanes of at least 4 members (excludes halogenated alkanes) is 3. The van der Waals surface area contributed by atoms with E-state index in [4.69, 9.17) is 16.9 Å². The molecule has 6 N–H and O–H groups in total. The molecule has 0 aliphatic rings. The van der Waals surface area contributed by atoms with E-state index >= 15 is 0 Å². The monoisotopic (exact) mass is 241 g/mol. The highest BCUT2D eigenvalue weighted by molar-refractivity contribution is 5.83. The van der Waals surface area contributed by atoms with Gasteiger partial charge in [0.15, 0.2) is 5.96 Å². The molecule has 5 nitrogen and oxygen atoms in total. The average Bonchev–Trinajstić information content (AvgIpc) is 2.29. The smallest absolute Gasteiger partial charge is 0.185 e. The van der Waals surface area contributed by atoms with Crippen LogP contribution in [0.3, 0.4) is 0 Å². The van der Waals surface area contributed by atoms with Gasteiger partial charge in [-0.2, -0.15) is 0 Å². The van der Waals surface area contributed by atoms with E-state index < -0.39 is 0 Å². The third-order valence-corrected chi connectivity index (χ3v) is 2.51. The predicted molar refractivity (Wildman–Crippen MR) is 70.6 cm³/mol. The van der Waals surface area contributed by atoms with Crippen molar-refractivity contribution in [2.75, 3.05) is 6.54 Å². The van der Waals surface area contributed by atoms with E-state index in [0.29, 0.717) is 19.4 Å². The molecule has 0 aliphatic heterocycles. The fourth-order valence-electron chi connectivity index (χ4n) is 1.48. The quantitative estimate of drug-likeness (QED) is 0.259. The molecule has 99 valence electrons. The van der Waals surface area contributed by atoms with Gasteiger partial charge in [-0.05, 0) is 25.7 Å². The maximum Gasteiger partial charge on any atom is 0.185 e. The molecule has 0 saturated heterocycles. The van der Waals surface area contributed by atoms with Crippen molar-refractivity contribution in [2.24, 2.45) is 11.5 Å². The van der Waals surface area contributed by atoms with Crippen molar-refractivity contribution in [3.8, 4) is 0 Å². The van der Waals surface area contributed by atoms with E-state index in [9.17, 15) is 4.79 Å². The summed E-state index contributed by atoms with van der Waals surface area (Å²) in [4.78, 5) is 11.6. The van der Waals surface area contributed by atoms with Crippen LogP contribution in [0.1, 0.15) is 45.4 Å². The Morgan fingerprint density at radius 2 is 2.18 bits per heavy atom. The summed E-state index contributed by atoms with van der Waals surface area (Å²) in [6.45, 7) is 2.71. The van der Waals surface area contributed by atoms with Gasteiger partial charge in [0.05, 0.1) is 6.04 Å². The fraction of sp³-hybridized carbons (Fsp3) is 0.750. The van der Waals surface area contributed by atoms with Crippen LogP contribution in [-0.2, 0) is 4.79 Å². The molecule has 1 atom stereocenters. The van der Waals surface area contributed by atoms with E-state index in [-0.39, 0.29) is 17.8 Å². The highest BCUT2D eigenvalue weighted by Gasteiger charge is 2.12. The van der Waals surface area contributed by atoms with Gasteiger partial charge >= 0.3 is 0 Å². The average molecular weight is 241 g/mol. The second-order valence-corrected chi connectivity index (χ2v) is 4.17. The molecule has 0 aromatic carbocycles. The second kappa shape index (κ2) is 10.1. The molecule has 0 aliphatic carbocycles. The van der Waals surface area contributed by atoms with Gasteiger partial charge in [0.1, 0.15) is 5.78 Å². The molecule has 0 amide bonds. The van der Waals surface area contributed by atoms with Gasteiger partial charge in [-0.15, -0.1) is 0 Å². The van der Waals surface area contributed by atoms with Crippen LogP contribution in [-0.4, -0.2) is 24.3 Å². The summed E-state index contributed by atoms with van der Waals surface area (Å²) in [5.41, 5.74) is 10.9. The van der Waals surface area contributed by atoms with Crippen molar-refractivity contribution in [3.63, 3.8) is 0 Å². The van der Waals surface area contributed by atoms with Gasteiger partial charge in [-0.1, -0.05) is 19.8 Å². The molecule has 0 unspecified atom stereocenters. The molecule has 0 spiro atoms. The maximum absolute atomic E-state index is 11.6. The number of nitrogens with two attached hydrogens (primary N) is 2. The van der Waals surface area contributed by atoms with Crippen LogP contribution in [0.5, 0.6) is 0 Å². The zero-order valence-electron chi connectivity index (χ0n) is 10.7. The van der Waals surface area contributed by atoms with Crippen LogP contribution < -0.4 is 16.8 Å². The van der Waals surface area contributed by atoms with Crippen LogP contribution in [0.2, 0.25) is 0 Å². The number of carbonyl (C=O) groups is 1. The number of rotatable bonds is 10. The van der Waals surface area contributed by atoms with Crippen molar-refractivity contribution in [2.45, 2.75) is 51.5 Å². The van der Waals surface area contributed by atoms with E-state index in [1.807, 2.05) is 0 Å². The molecule has 1 radical (unpaired) electrons. The lowest BCUT2D eigenvalue weighted by Crippen LogP contribution is -2.34. The number of guanidine groups is 1. The summed E-state index contributed by atoms with van der Waals surface area (Å²) >= 11 is 0. The van der Waals surface area contributed by atoms with Crippen molar-refractivity contribution in [3.05, 3.63) is 6.42 Å². The zero-order valence-corrected chi connectivity index (χ0v) is 10.7. The van der Waals surface area contributed by atoms with Crippen molar-refractivity contribution in [1.82, 2.24) is 5.32 Å². The third-order valence-electron chi connectivity index (χ3n) is 2.51. The van der Waals surface area contributed by atoms with Gasteiger partial charge in [-0.25, -0.2) is 0 Å². The number of hydrogen-bond donors (Lipinski definition) is 4. The largest absolute Gasteiger partial charge is 0.370 e. The first-order valence-electron chi connectivity index (χ1n) is 6.25. The minimum atomic E-state index is -0.376. The number of ketones is 1. The maximum atomic E-state index is 11.6. The second-order valence-electron chi connectivity index (χ2n) is 4.17. The molecule has 0 heterocycles. The van der Waals surface area contributed by atoms with Gasteiger partial charge in [0.25, 0.3) is 0 Å². The third kappa shape index (κ3) is 9.81. The first-order chi connectivity index (χ1) is 8.07. The fourth-order valence-corrected chi connectivity index (χ4v) is 1.48. The first-order valence-corrected chi connectivity index (χ1v) is 6.25. The minimum Gasteiger partial charge on any atom is -0.370 e. The van der Waals surface area contributed by atoms with Crippen molar-refractivity contribution >= 4 is 11.7 Å². The number of nitrogens with one attached hydrogen (secondary N) is 2. The first kappa shape index (κ1) is 15.9. The van der Waals surface area contributed by atoms with Crippen LogP contribution >= 0.6 is 0 Å². The van der Waals surface area contributed by atoms with Crippen LogP contribution in [0.25, 0.3) is 0 Å². The van der Waals surface area contributed by atoms with Crippen LogP contribution in [0.4, 0.5) is 0 Å². The van der Waals surface area contributed by atoms with Gasteiger partial charge in [0.2, 0.25) is 0 Å². The lowest BCUT2D eigenvalue weighted by Gasteiger charge is -2.10. The van der Waals surface area contributed by atoms with E-state index in [2.05, 4.69) is 18.7 Å². The molecule has 0 bridgehead atoms. The van der Waals surface area contributed by atoms with Crippen LogP contribution in [0.15, 0.2) is 0 Å². The molecule has 5 heteroatoms. The summed E-state index contributed by atoms with van der Waals surface area (Å²) in [5.74, 6) is 0.0826. The van der Waals surface area contributed by atoms with Gasteiger partial charge in [0, 0.05) is 13.0 Å². The Bertz CT molecular complexity index is 231. The lowest BCUT2D eigenvalue weighted by atomic mass is 10.0. The van der Waals surface area contributed by atoms with E-state index in [0.717, 1.165) is 25.7 Å². The number of carbonyl (C=O) groups excluding carboxylic acids is 1.